The van der Waals surface area contributed by atoms with Crippen molar-refractivity contribution in [1.82, 2.24) is 0 Å². The molecule has 37 atom stereocenters. The van der Waals surface area contributed by atoms with Gasteiger partial charge >= 0.3 is 0 Å². The smallest absolute Gasteiger partial charge is 0.104 e. The van der Waals surface area contributed by atoms with Crippen LogP contribution >= 0.6 is 0 Å². The predicted molar refractivity (Wildman–Crippen MR) is 501 cm³/mol. The summed E-state index contributed by atoms with van der Waals surface area (Å²) in [6, 6.07) is 1.36. The lowest BCUT2D eigenvalue weighted by Crippen LogP contribution is -2.45. The Morgan fingerprint density at radius 1 is 0.325 bits per heavy atom. The number of rotatable bonds is 44. The molecular weight excluding hydrogens is 1750 g/mol. The van der Waals surface area contributed by atoms with Crippen molar-refractivity contribution in [2.75, 3.05) is 211 Å². The zero-order chi connectivity index (χ0) is 86.3. The Balaban J connectivity index is 0.0000000984. The largest absolute Gasteiger partial charge is 0.381 e. The van der Waals surface area contributed by atoms with Crippen LogP contribution in [-0.4, -0.2) is 415 Å². The van der Waals surface area contributed by atoms with Crippen molar-refractivity contribution in [3.8, 4) is 0 Å². The summed E-state index contributed by atoms with van der Waals surface area (Å²) in [7, 11) is 10.4. The van der Waals surface area contributed by atoms with Crippen LogP contribution in [0.4, 0.5) is 0 Å². The minimum Gasteiger partial charge on any atom is -0.381 e. The van der Waals surface area contributed by atoms with E-state index in [4.69, 9.17) is 123 Å². The Bertz CT molecular complexity index is 3200. The molecule has 0 aromatic heterocycles. The van der Waals surface area contributed by atoms with Crippen LogP contribution in [0.2, 0.25) is 44.8 Å². The molecule has 19 saturated heterocycles. The second-order valence-corrected chi connectivity index (χ2v) is 56.0. The van der Waals surface area contributed by atoms with Crippen LogP contribution in [0.1, 0.15) is 122 Å². The average molecular weight is 1910 g/mol. The predicted octanol–water partition coefficient (Wildman–Crippen LogP) is 0.0587. The van der Waals surface area contributed by atoms with Crippen LogP contribution in [0.5, 0.6) is 0 Å². The fraction of sp³-hybridized carbons (Fsp3) is 1.00. The SMILES string of the molecule is CCC1(COCCC[SiH3])COC1.[SiH3]C1CC2CC(COCC3CO3)C1O2.[SiH3]C1CC2CC(OCC3CO3)C1O2.[SiH3]C1CC2CC1C(COCC1CO1)(COCC1CO1)C2.[SiH3]C1CC2CC1C(COCC1CO1)C2COCC1CO1.[SiH3]C1CC2CC1CC2(COCC1CO1)COCC1CO1.[SiH3]C1CC2OC1CC2COCC1CO1.[SiH3]C1CC2OC1CC2OCC1CO1. The molecule has 0 spiro atoms. The van der Waals surface area contributed by atoms with E-state index in [9.17, 15) is 0 Å². The van der Waals surface area contributed by atoms with Gasteiger partial charge in [-0.3, -0.25) is 0 Å². The second kappa shape index (κ2) is 45.7. The van der Waals surface area contributed by atoms with E-state index in [2.05, 4.69) is 6.92 Å². The molecule has 0 amide bonds. The van der Waals surface area contributed by atoms with Crippen molar-refractivity contribution in [3.63, 3.8) is 0 Å². The van der Waals surface area contributed by atoms with E-state index in [1.54, 1.807) is 0 Å². The first kappa shape index (κ1) is 96.9. The fourth-order valence-corrected chi connectivity index (χ4v) is 33.6. The molecule has 6 aliphatic carbocycles. The number of ether oxygens (including phenoxy) is 26. The van der Waals surface area contributed by atoms with Crippen LogP contribution < -0.4 is 0 Å². The lowest BCUT2D eigenvalue weighted by atomic mass is 9.74. The van der Waals surface area contributed by atoms with E-state index in [1.165, 1.54) is 191 Å². The molecule has 19 heterocycles. The molecule has 0 aromatic carbocycles. The molecule has 26 nitrogen and oxygen atoms in total. The Hall–Kier alpha value is 0.695. The average Bonchev–Trinajstić information content (AvgIpc) is 1.61. The molecule has 6 saturated carbocycles. The highest BCUT2D eigenvalue weighted by atomic mass is 28.2. The van der Waals surface area contributed by atoms with Crippen LogP contribution in [0.15, 0.2) is 0 Å². The molecule has 0 radical (unpaired) electrons. The lowest BCUT2D eigenvalue weighted by Gasteiger charge is -2.40. The summed E-state index contributed by atoms with van der Waals surface area (Å²) >= 11 is 0. The van der Waals surface area contributed by atoms with Gasteiger partial charge in [0.2, 0.25) is 0 Å². The Morgan fingerprint density at radius 3 is 1.22 bits per heavy atom. The summed E-state index contributed by atoms with van der Waals surface area (Å²) in [6.07, 6.45) is 32.2. The summed E-state index contributed by atoms with van der Waals surface area (Å²) in [5, 5.41) is 0. The van der Waals surface area contributed by atoms with Gasteiger partial charge in [-0.25, -0.2) is 0 Å². The first-order valence-electron chi connectivity index (χ1n) is 51.2. The van der Waals surface area contributed by atoms with Gasteiger partial charge in [0, 0.05) is 129 Å². The van der Waals surface area contributed by atoms with Gasteiger partial charge in [0.15, 0.2) is 0 Å². The fourth-order valence-electron chi connectivity index (χ4n) is 25.1. The Labute approximate surface area is 776 Å². The molecule has 25 fully saturated rings. The summed E-state index contributed by atoms with van der Waals surface area (Å²) in [4.78, 5) is 0. The third-order valence-corrected chi connectivity index (χ3v) is 43.1. The van der Waals surface area contributed by atoms with Gasteiger partial charge < -0.3 is 123 Å². The normalized spacial score (nSPS) is 47.4. The van der Waals surface area contributed by atoms with Crippen molar-refractivity contribution >= 4 is 81.9 Å². The van der Waals surface area contributed by atoms with Gasteiger partial charge in [-0.15, -0.1) is 0 Å². The van der Waals surface area contributed by atoms with Gasteiger partial charge in [0.05, 0.1) is 266 Å². The minimum atomic E-state index is 0.287. The van der Waals surface area contributed by atoms with Crippen LogP contribution in [0.25, 0.3) is 0 Å². The van der Waals surface area contributed by atoms with E-state index in [0.717, 1.165) is 310 Å². The molecule has 34 heteroatoms. The lowest BCUT2D eigenvalue weighted by molar-refractivity contribution is -0.150. The molecule has 126 heavy (non-hydrogen) atoms. The van der Waals surface area contributed by atoms with E-state index in [1.807, 2.05) is 0 Å². The molecule has 25 aliphatic rings. The molecule has 0 N–H and O–H groups in total. The molecule has 19 aliphatic heterocycles. The van der Waals surface area contributed by atoms with Crippen molar-refractivity contribution in [2.24, 2.45) is 75.4 Å². The van der Waals surface area contributed by atoms with Gasteiger partial charge in [-0.1, -0.05) is 42.4 Å². The summed E-state index contributed by atoms with van der Waals surface area (Å²) < 4.78 is 145. The maximum Gasteiger partial charge on any atom is 0.104 e. The molecular formula is C92H166O26Si8. The molecule has 722 valence electrons. The van der Waals surface area contributed by atoms with E-state index < -0.39 is 0 Å². The van der Waals surface area contributed by atoms with E-state index in [-0.39, 0.29) is 5.41 Å². The topological polar surface area (TPSA) is 273 Å². The number of hydrogen-bond acceptors (Lipinski definition) is 26. The van der Waals surface area contributed by atoms with Gasteiger partial charge in [0.1, 0.15) is 61.0 Å². The maximum absolute atomic E-state index is 6.00. The van der Waals surface area contributed by atoms with Crippen LogP contribution in [-0.2, 0) is 123 Å². The molecule has 0 aromatic rings. The van der Waals surface area contributed by atoms with Gasteiger partial charge in [-0.2, -0.15) is 0 Å². The number of epoxide rings is 10. The van der Waals surface area contributed by atoms with Crippen molar-refractivity contribution < 1.29 is 123 Å². The second-order valence-electron chi connectivity index (χ2n) is 44.6. The highest BCUT2D eigenvalue weighted by Gasteiger charge is 2.58. The summed E-state index contributed by atoms with van der Waals surface area (Å²) in [6.45, 7) is 29.7. The zero-order valence-electron chi connectivity index (χ0n) is 78.5. The minimum absolute atomic E-state index is 0.287. The monoisotopic (exact) mass is 1910 g/mol. The summed E-state index contributed by atoms with van der Waals surface area (Å²) in [5.74, 6) is 8.18. The van der Waals surface area contributed by atoms with Gasteiger partial charge in [-0.05, 0) is 159 Å². The zero-order valence-corrected chi connectivity index (χ0v) is 94.5. The van der Waals surface area contributed by atoms with Crippen molar-refractivity contribution in [2.45, 2.75) is 289 Å². The highest BCUT2D eigenvalue weighted by molar-refractivity contribution is 6.14. The summed E-state index contributed by atoms with van der Waals surface area (Å²) in [5.41, 5.74) is 7.45. The third kappa shape index (κ3) is 28.1. The first-order valence-corrected chi connectivity index (χ1v) is 60.7. The van der Waals surface area contributed by atoms with Gasteiger partial charge in [0.25, 0.3) is 0 Å². The van der Waals surface area contributed by atoms with Crippen LogP contribution in [0, 0.1) is 75.4 Å². The van der Waals surface area contributed by atoms with E-state index in [0.29, 0.717) is 145 Å². The van der Waals surface area contributed by atoms with Crippen LogP contribution in [0.3, 0.4) is 0 Å². The maximum atomic E-state index is 6.00. The quantitative estimate of drug-likeness (QED) is 0.0443. The third-order valence-electron chi connectivity index (χ3n) is 33.7. The molecule has 14 bridgehead atoms. The first-order chi connectivity index (χ1) is 61.4. The van der Waals surface area contributed by atoms with Crippen molar-refractivity contribution in [3.05, 3.63) is 0 Å². The Kier molecular flexibility index (Phi) is 35.2. The number of fused-ring (bicyclic) bond motifs is 14. The molecule has 25 rings (SSSR count). The van der Waals surface area contributed by atoms with Crippen molar-refractivity contribution in [1.29, 1.82) is 0 Å². The molecule has 37 unspecified atom stereocenters. The highest BCUT2D eigenvalue weighted by Crippen LogP contribution is 2.63. The Morgan fingerprint density at radius 2 is 0.802 bits per heavy atom. The number of hydrogen-bond donors (Lipinski definition) is 0. The van der Waals surface area contributed by atoms with E-state index >= 15 is 0 Å². The standard InChI is InChI=1S/3C15H26O4Si.2C10H18O3Si.2C9H16O3Si.C9H20O2Si/c20-14-2-11-1-10(14)3-15(11,8-16-4-12-6-18-12)9-17-5-13-7-19-13;20-14-2-10-1-13(14)15(3-10,8-16-4-11-6-18-11)9-17-5-12-7-19-12;20-15-2-9-1-12(15)14(8-17-4-11-6-19-11)13(9)7-16-3-10-5-18-10;14-10-2-8-6(1-9(10)13-8)3-11-4-7-5-12-7;14-9-2-7-1-6(10(9)13-7)3-11-4-8-5-12-8;13-9-2-7-6(1-8(9)12-7)11-4-5-3-10-5;13-8-2-5-1-7(9(8)12-5)11-4-6-3-10-6;1-2-9(7-11-8-9)6-10-4-3-5-12/h2*10-14H,1-9H2,20H3;9-15H,1-8H2,20H3;2*6-10H,1-5H2,14H3;2*5-9H,1-4H2,13H3;2-8H2,1,12H3.